The van der Waals surface area contributed by atoms with Crippen LogP contribution in [0, 0.1) is 23.7 Å². The van der Waals surface area contributed by atoms with Gasteiger partial charge in [0.2, 0.25) is 0 Å². The Morgan fingerprint density at radius 2 is 1.59 bits per heavy atom. The zero-order valence-electron chi connectivity index (χ0n) is 34.8. The van der Waals surface area contributed by atoms with Gasteiger partial charge >= 0.3 is 11.9 Å². The number of methoxy groups -OCH3 is 1. The Hall–Kier alpha value is -2.26. The second kappa shape index (κ2) is 23.4. The van der Waals surface area contributed by atoms with E-state index in [1.54, 1.807) is 6.08 Å². The highest BCUT2D eigenvalue weighted by Gasteiger charge is 2.43. The Morgan fingerprint density at radius 3 is 2.14 bits per heavy atom. The lowest BCUT2D eigenvalue weighted by Gasteiger charge is -2.44. The van der Waals surface area contributed by atoms with Crippen LogP contribution in [0.1, 0.15) is 121 Å². The Morgan fingerprint density at radius 1 is 0.922 bits per heavy atom. The first kappa shape index (κ1) is 46.8. The molecule has 7 nitrogen and oxygen atoms in total. The second-order valence-electron chi connectivity index (χ2n) is 16.1. The van der Waals surface area contributed by atoms with E-state index >= 15 is 0 Å². The van der Waals surface area contributed by atoms with Crippen molar-refractivity contribution in [2.45, 2.75) is 164 Å². The predicted octanol–water partition coefficient (Wildman–Crippen LogP) is 11.1. The van der Waals surface area contributed by atoms with Crippen molar-refractivity contribution in [2.24, 2.45) is 23.7 Å². The van der Waals surface area contributed by atoms with E-state index in [2.05, 4.69) is 119 Å². The SMILES string of the molecule is CCC(=C/[C@H](C)C/C=C/C(C)=C/[C@@H](C)[C@@H](O[Si](C)(C)C(C)(C)C)[C@@H](C)[C@H](OC(C)=O)[C@@H](C)CC)/C=C/[C@@H](C/C=C/C(=O)OC)OC1CCCCO1. The van der Waals surface area contributed by atoms with Crippen molar-refractivity contribution in [3.63, 3.8) is 0 Å². The van der Waals surface area contributed by atoms with Crippen molar-refractivity contribution in [3.8, 4) is 0 Å². The molecule has 51 heavy (non-hydrogen) atoms. The van der Waals surface area contributed by atoms with Gasteiger partial charge in [-0.25, -0.2) is 4.79 Å². The molecular formula is C43H74O7Si. The molecule has 0 aliphatic carbocycles. The smallest absolute Gasteiger partial charge is 0.330 e. The van der Waals surface area contributed by atoms with Crippen LogP contribution < -0.4 is 0 Å². The molecule has 1 saturated heterocycles. The summed E-state index contributed by atoms with van der Waals surface area (Å²) in [7, 11) is -0.731. The van der Waals surface area contributed by atoms with Gasteiger partial charge in [-0.3, -0.25) is 4.79 Å². The van der Waals surface area contributed by atoms with Crippen LogP contribution in [-0.4, -0.2) is 58.6 Å². The van der Waals surface area contributed by atoms with Gasteiger partial charge in [-0.1, -0.05) is 122 Å². The second-order valence-corrected chi connectivity index (χ2v) is 20.9. The summed E-state index contributed by atoms with van der Waals surface area (Å²) < 4.78 is 29.9. The number of allylic oxidation sites excluding steroid dienone is 6. The molecule has 0 aromatic rings. The van der Waals surface area contributed by atoms with Crippen molar-refractivity contribution in [1.29, 1.82) is 0 Å². The standard InChI is InChI=1S/C43H74O7Si/c1-15-33(5)41(48-36(8)44)35(7)42(50-51(13,14)43(9,10)11)34(6)29-31(3)21-19-22-32(4)30-37(16-2)26-27-38(23-20-24-39(45)46-12)49-40-25-17-18-28-47-40/h19-21,24,26-27,29-30,32-35,38,40-42H,15-18,22-23,25,28H2,1-14H3/b21-19+,24-20+,27-26+,31-29+,37-30-/t32-,33+,34-,35+,38-,40?,41-,42-/m1/s1. The molecule has 0 saturated carbocycles. The zero-order valence-corrected chi connectivity index (χ0v) is 35.8. The fourth-order valence-corrected chi connectivity index (χ4v) is 7.58. The highest BCUT2D eigenvalue weighted by molar-refractivity contribution is 6.74. The largest absolute Gasteiger partial charge is 0.466 e. The molecule has 8 heteroatoms. The first-order chi connectivity index (χ1) is 23.8. The Balaban J connectivity index is 3.12. The van der Waals surface area contributed by atoms with E-state index in [1.807, 2.05) is 0 Å². The Kier molecular flexibility index (Phi) is 21.5. The molecule has 0 radical (unpaired) electrons. The fraction of sp³-hybridized carbons (Fsp3) is 0.721. The van der Waals surface area contributed by atoms with Gasteiger partial charge in [0, 0.05) is 25.5 Å². The summed E-state index contributed by atoms with van der Waals surface area (Å²) in [6.07, 6.45) is 22.3. The number of hydrogen-bond acceptors (Lipinski definition) is 7. The number of hydrogen-bond donors (Lipinski definition) is 0. The van der Waals surface area contributed by atoms with Gasteiger partial charge in [0.05, 0.1) is 19.3 Å². The minimum atomic E-state index is -2.11. The molecule has 292 valence electrons. The van der Waals surface area contributed by atoms with Crippen LogP contribution in [0.2, 0.25) is 18.1 Å². The molecule has 0 amide bonds. The summed E-state index contributed by atoms with van der Waals surface area (Å²) in [4.78, 5) is 23.7. The van der Waals surface area contributed by atoms with Crippen molar-refractivity contribution >= 4 is 20.3 Å². The van der Waals surface area contributed by atoms with E-state index in [0.717, 1.165) is 45.1 Å². The van der Waals surface area contributed by atoms with Crippen LogP contribution in [0.3, 0.4) is 0 Å². The molecular weight excluding hydrogens is 657 g/mol. The summed E-state index contributed by atoms with van der Waals surface area (Å²) in [5, 5.41) is 0.0616. The summed E-state index contributed by atoms with van der Waals surface area (Å²) >= 11 is 0. The van der Waals surface area contributed by atoms with E-state index < -0.39 is 8.32 Å². The lowest BCUT2D eigenvalue weighted by Crippen LogP contribution is -2.50. The average molecular weight is 731 g/mol. The minimum Gasteiger partial charge on any atom is -0.466 e. The van der Waals surface area contributed by atoms with Crippen LogP contribution in [-0.2, 0) is 33.0 Å². The fourth-order valence-electron chi connectivity index (χ4n) is 6.11. The maximum absolute atomic E-state index is 12.2. The molecule has 1 aliphatic heterocycles. The average Bonchev–Trinajstić information content (AvgIpc) is 3.06. The van der Waals surface area contributed by atoms with Crippen molar-refractivity contribution in [3.05, 3.63) is 59.8 Å². The maximum atomic E-state index is 12.2. The third-order valence-corrected chi connectivity index (χ3v) is 14.9. The van der Waals surface area contributed by atoms with E-state index in [4.69, 9.17) is 23.4 Å². The third-order valence-electron chi connectivity index (χ3n) is 10.4. The highest BCUT2D eigenvalue weighted by atomic mass is 28.4. The van der Waals surface area contributed by atoms with Crippen molar-refractivity contribution < 1.29 is 33.0 Å². The third kappa shape index (κ3) is 17.9. The quantitative estimate of drug-likeness (QED) is 0.0503. The van der Waals surface area contributed by atoms with E-state index in [9.17, 15) is 9.59 Å². The molecule has 0 aromatic carbocycles. The van der Waals surface area contributed by atoms with Gasteiger partial charge in [-0.15, -0.1) is 0 Å². The monoisotopic (exact) mass is 731 g/mol. The summed E-state index contributed by atoms with van der Waals surface area (Å²) in [5.41, 5.74) is 2.44. The normalized spacial score (nSPS) is 21.0. The molecule has 1 aliphatic rings. The highest BCUT2D eigenvalue weighted by Crippen LogP contribution is 2.40. The minimum absolute atomic E-state index is 0.0377. The number of rotatable bonds is 21. The molecule has 1 rings (SSSR count). The summed E-state index contributed by atoms with van der Waals surface area (Å²) in [5.74, 6) is 0.145. The topological polar surface area (TPSA) is 80.3 Å². The van der Waals surface area contributed by atoms with E-state index in [1.165, 1.54) is 31.3 Å². The molecule has 1 heterocycles. The molecule has 0 spiro atoms. The molecule has 0 N–H and O–H groups in total. The van der Waals surface area contributed by atoms with Gasteiger partial charge < -0.3 is 23.4 Å². The van der Waals surface area contributed by atoms with Crippen LogP contribution in [0.5, 0.6) is 0 Å². The van der Waals surface area contributed by atoms with Crippen molar-refractivity contribution in [2.75, 3.05) is 13.7 Å². The molecule has 1 unspecified atom stereocenters. The molecule has 8 atom stereocenters. The van der Waals surface area contributed by atoms with Crippen LogP contribution in [0.4, 0.5) is 0 Å². The molecule has 0 bridgehead atoms. The maximum Gasteiger partial charge on any atom is 0.330 e. The Bertz CT molecular complexity index is 1190. The van der Waals surface area contributed by atoms with Gasteiger partial charge in [0.1, 0.15) is 6.10 Å². The van der Waals surface area contributed by atoms with Crippen LogP contribution in [0.15, 0.2) is 59.8 Å². The predicted molar refractivity (Wildman–Crippen MR) is 214 cm³/mol. The summed E-state index contributed by atoms with van der Waals surface area (Å²) in [6.45, 7) is 29.0. The van der Waals surface area contributed by atoms with Crippen LogP contribution in [0.25, 0.3) is 0 Å². The summed E-state index contributed by atoms with van der Waals surface area (Å²) in [6, 6.07) is 0. The van der Waals surface area contributed by atoms with E-state index in [0.29, 0.717) is 12.3 Å². The first-order valence-electron chi connectivity index (χ1n) is 19.4. The lowest BCUT2D eigenvalue weighted by atomic mass is 9.82. The van der Waals surface area contributed by atoms with Crippen molar-refractivity contribution in [1.82, 2.24) is 0 Å². The number of carbonyl (C=O) groups is 2. The van der Waals surface area contributed by atoms with Gasteiger partial charge in [0.15, 0.2) is 14.6 Å². The Labute approximate surface area is 313 Å². The number of ether oxygens (including phenoxy) is 4. The number of esters is 2. The van der Waals surface area contributed by atoms with Gasteiger partial charge in [-0.05, 0) is 81.3 Å². The molecule has 0 aromatic heterocycles. The lowest BCUT2D eigenvalue weighted by molar-refractivity contribution is -0.177. The first-order valence-corrected chi connectivity index (χ1v) is 22.4. The molecule has 1 fully saturated rings. The van der Waals surface area contributed by atoms with Gasteiger partial charge in [-0.2, -0.15) is 0 Å². The van der Waals surface area contributed by atoms with E-state index in [-0.39, 0.29) is 59.3 Å². The zero-order chi connectivity index (χ0) is 38.8. The van der Waals surface area contributed by atoms with Crippen LogP contribution >= 0.6 is 0 Å². The van der Waals surface area contributed by atoms with Gasteiger partial charge in [0.25, 0.3) is 0 Å². The number of carbonyl (C=O) groups excluding carboxylic acids is 2.